The summed E-state index contributed by atoms with van der Waals surface area (Å²) >= 11 is 5.84. The Bertz CT molecular complexity index is 993. The average Bonchev–Trinajstić information content (AvgIpc) is 3.21. The van der Waals surface area contributed by atoms with Gasteiger partial charge in [-0.1, -0.05) is 35.9 Å². The molecular formula is C22H23ClN4O3. The van der Waals surface area contributed by atoms with Crippen molar-refractivity contribution in [2.75, 3.05) is 24.5 Å². The van der Waals surface area contributed by atoms with E-state index in [9.17, 15) is 9.59 Å². The zero-order valence-corrected chi connectivity index (χ0v) is 17.2. The molecule has 1 saturated heterocycles. The van der Waals surface area contributed by atoms with Crippen LogP contribution in [0.25, 0.3) is 11.1 Å². The van der Waals surface area contributed by atoms with Crippen LogP contribution >= 0.6 is 11.6 Å². The second-order valence-electron chi connectivity index (χ2n) is 7.41. The third-order valence-corrected chi connectivity index (χ3v) is 5.54. The molecule has 1 aromatic heterocycles. The Morgan fingerprint density at radius 2 is 1.73 bits per heavy atom. The maximum Gasteiger partial charge on any atom is 0.309 e. The Hall–Kier alpha value is -3.06. The quantitative estimate of drug-likeness (QED) is 0.612. The Kier molecular flexibility index (Phi) is 6.18. The number of halogens is 1. The van der Waals surface area contributed by atoms with Crippen LogP contribution in [0.2, 0.25) is 5.02 Å². The van der Waals surface area contributed by atoms with E-state index in [0.717, 1.165) is 42.6 Å². The third-order valence-electron chi connectivity index (χ3n) is 5.29. The molecule has 2 heterocycles. The second kappa shape index (κ2) is 9.17. The monoisotopic (exact) mass is 426 g/mol. The van der Waals surface area contributed by atoms with E-state index in [1.807, 2.05) is 36.4 Å². The number of piperidine rings is 1. The fourth-order valence-electron chi connectivity index (χ4n) is 3.51. The van der Waals surface area contributed by atoms with Gasteiger partial charge in [-0.3, -0.25) is 9.59 Å². The smallest absolute Gasteiger partial charge is 0.309 e. The van der Waals surface area contributed by atoms with E-state index in [1.54, 1.807) is 12.1 Å². The van der Waals surface area contributed by atoms with Crippen molar-refractivity contribution in [2.24, 2.45) is 5.92 Å². The van der Waals surface area contributed by atoms with Crippen LogP contribution in [0.15, 0.2) is 52.9 Å². The molecule has 0 saturated carbocycles. The maximum atomic E-state index is 12.1. The van der Waals surface area contributed by atoms with Gasteiger partial charge in [0, 0.05) is 31.2 Å². The molecule has 0 radical (unpaired) electrons. The molecule has 2 aromatic carbocycles. The van der Waals surface area contributed by atoms with Crippen LogP contribution in [0, 0.1) is 5.92 Å². The normalized spacial score (nSPS) is 14.6. The fraction of sp³-hybridized carbons (Fsp3) is 0.318. The summed E-state index contributed by atoms with van der Waals surface area (Å²) in [6.07, 6.45) is 1.79. The minimum Gasteiger partial charge on any atom is -0.423 e. The summed E-state index contributed by atoms with van der Waals surface area (Å²) in [6, 6.07) is 15.5. The first-order valence-electron chi connectivity index (χ1n) is 9.99. The molecule has 8 heteroatoms. The number of oxazole rings is 1. The number of carbonyl (C=O) groups excluding carboxylic acids is 2. The molecular weight excluding hydrogens is 404 g/mol. The van der Waals surface area contributed by atoms with Crippen LogP contribution < -0.4 is 15.5 Å². The lowest BCUT2D eigenvalue weighted by atomic mass is 9.97. The molecule has 2 N–H and O–H groups in total. The zero-order valence-electron chi connectivity index (χ0n) is 16.4. The van der Waals surface area contributed by atoms with Gasteiger partial charge in [0.25, 0.3) is 6.01 Å². The number of benzene rings is 2. The number of carbonyl (C=O) groups is 2. The average molecular weight is 427 g/mol. The number of hydrogen-bond acceptors (Lipinski definition) is 5. The van der Waals surface area contributed by atoms with Crippen LogP contribution in [0.1, 0.15) is 18.4 Å². The number of nitrogens with one attached hydrogen (secondary N) is 2. The fourth-order valence-corrected chi connectivity index (χ4v) is 3.63. The second-order valence-corrected chi connectivity index (χ2v) is 7.85. The highest BCUT2D eigenvalue weighted by Crippen LogP contribution is 2.26. The van der Waals surface area contributed by atoms with Crippen molar-refractivity contribution >= 4 is 40.5 Å². The van der Waals surface area contributed by atoms with Gasteiger partial charge in [-0.2, -0.15) is 4.98 Å². The standard InChI is InChI=1S/C22H23ClN4O3/c23-17-7-5-15(6-8-17)13-24-20(28)21(29)25-14-16-9-11-27(12-10-16)22-26-18-3-1-2-4-19(18)30-22/h1-8,16H,9-14H2,(H,24,28)(H,25,29). The molecule has 0 aliphatic carbocycles. The number of fused-ring (bicyclic) bond motifs is 1. The molecule has 1 aliphatic heterocycles. The van der Waals surface area contributed by atoms with Gasteiger partial charge in [0.05, 0.1) is 0 Å². The molecule has 1 fully saturated rings. The first-order valence-corrected chi connectivity index (χ1v) is 10.4. The van der Waals surface area contributed by atoms with Gasteiger partial charge in [0.15, 0.2) is 5.58 Å². The van der Waals surface area contributed by atoms with Crippen LogP contribution in [0.3, 0.4) is 0 Å². The molecule has 30 heavy (non-hydrogen) atoms. The van der Waals surface area contributed by atoms with Gasteiger partial charge in [-0.05, 0) is 48.6 Å². The summed E-state index contributed by atoms with van der Waals surface area (Å²) in [5.41, 5.74) is 2.52. The lowest BCUT2D eigenvalue weighted by Gasteiger charge is -2.30. The van der Waals surface area contributed by atoms with Gasteiger partial charge < -0.3 is 20.0 Å². The SMILES string of the molecule is O=C(NCc1ccc(Cl)cc1)C(=O)NCC1CCN(c2nc3ccccc3o2)CC1. The topological polar surface area (TPSA) is 87.5 Å². The van der Waals surface area contributed by atoms with Crippen LogP contribution in [0.4, 0.5) is 6.01 Å². The summed E-state index contributed by atoms with van der Waals surface area (Å²) in [5, 5.41) is 6.00. The van der Waals surface area contributed by atoms with E-state index in [2.05, 4.69) is 20.5 Å². The summed E-state index contributed by atoms with van der Waals surface area (Å²) < 4.78 is 5.83. The highest BCUT2D eigenvalue weighted by Gasteiger charge is 2.24. The third kappa shape index (κ3) is 4.91. The summed E-state index contributed by atoms with van der Waals surface area (Å²) in [5.74, 6) is -0.919. The lowest BCUT2D eigenvalue weighted by molar-refractivity contribution is -0.139. The summed E-state index contributed by atoms with van der Waals surface area (Å²) in [4.78, 5) is 30.7. The number of para-hydroxylation sites is 2. The van der Waals surface area contributed by atoms with Gasteiger partial charge in [0.1, 0.15) is 5.52 Å². The summed E-state index contributed by atoms with van der Waals surface area (Å²) in [7, 11) is 0. The van der Waals surface area contributed by atoms with Crippen molar-refractivity contribution in [3.05, 3.63) is 59.1 Å². The largest absolute Gasteiger partial charge is 0.423 e. The number of amides is 2. The van der Waals surface area contributed by atoms with E-state index in [4.69, 9.17) is 16.0 Å². The maximum absolute atomic E-state index is 12.1. The van der Waals surface area contributed by atoms with Gasteiger partial charge in [0.2, 0.25) is 0 Å². The predicted molar refractivity (Wildman–Crippen MR) is 115 cm³/mol. The van der Waals surface area contributed by atoms with Crippen LogP contribution in [-0.4, -0.2) is 36.4 Å². The van der Waals surface area contributed by atoms with Crippen LogP contribution in [-0.2, 0) is 16.1 Å². The van der Waals surface area contributed by atoms with Gasteiger partial charge in [-0.15, -0.1) is 0 Å². The number of rotatable bonds is 5. The first kappa shape index (κ1) is 20.2. The van der Waals surface area contributed by atoms with Crippen molar-refractivity contribution in [1.29, 1.82) is 0 Å². The zero-order chi connectivity index (χ0) is 20.9. The number of anilines is 1. The number of nitrogens with zero attached hydrogens (tertiary/aromatic N) is 2. The Balaban J connectivity index is 1.19. The summed E-state index contributed by atoms with van der Waals surface area (Å²) in [6.45, 7) is 2.37. The van der Waals surface area contributed by atoms with E-state index in [0.29, 0.717) is 23.5 Å². The molecule has 3 aromatic rings. The molecule has 2 amide bonds. The highest BCUT2D eigenvalue weighted by atomic mass is 35.5. The Morgan fingerprint density at radius 3 is 2.47 bits per heavy atom. The Labute approximate surface area is 179 Å². The molecule has 0 bridgehead atoms. The highest BCUT2D eigenvalue weighted by molar-refractivity contribution is 6.35. The van der Waals surface area contributed by atoms with Crippen molar-refractivity contribution < 1.29 is 14.0 Å². The van der Waals surface area contributed by atoms with Crippen molar-refractivity contribution in [3.8, 4) is 0 Å². The van der Waals surface area contributed by atoms with Crippen molar-refractivity contribution in [1.82, 2.24) is 15.6 Å². The predicted octanol–water partition coefficient (Wildman–Crippen LogP) is 3.13. The van der Waals surface area contributed by atoms with Crippen molar-refractivity contribution in [3.63, 3.8) is 0 Å². The molecule has 1 aliphatic rings. The number of hydrogen-bond donors (Lipinski definition) is 2. The van der Waals surface area contributed by atoms with Crippen LogP contribution in [0.5, 0.6) is 0 Å². The molecule has 7 nitrogen and oxygen atoms in total. The number of aromatic nitrogens is 1. The molecule has 0 spiro atoms. The van der Waals surface area contributed by atoms with Crippen molar-refractivity contribution in [2.45, 2.75) is 19.4 Å². The minimum atomic E-state index is -0.631. The minimum absolute atomic E-state index is 0.284. The first-order chi connectivity index (χ1) is 14.6. The van der Waals surface area contributed by atoms with E-state index in [-0.39, 0.29) is 6.54 Å². The Morgan fingerprint density at radius 1 is 1.03 bits per heavy atom. The van der Waals surface area contributed by atoms with Gasteiger partial charge >= 0.3 is 11.8 Å². The molecule has 4 rings (SSSR count). The molecule has 0 atom stereocenters. The van der Waals surface area contributed by atoms with E-state index < -0.39 is 11.8 Å². The lowest BCUT2D eigenvalue weighted by Crippen LogP contribution is -2.43. The van der Waals surface area contributed by atoms with E-state index in [1.165, 1.54) is 0 Å². The van der Waals surface area contributed by atoms with E-state index >= 15 is 0 Å². The van der Waals surface area contributed by atoms with Gasteiger partial charge in [-0.25, -0.2) is 0 Å². The molecule has 0 unspecified atom stereocenters. The molecule has 156 valence electrons.